The third-order valence-corrected chi connectivity index (χ3v) is 9.17. The predicted octanol–water partition coefficient (Wildman–Crippen LogP) is 5.42. The number of hydrogen-bond donors (Lipinski definition) is 0. The molecule has 3 rings (SSSR count). The fraction of sp³-hybridized carbons (Fsp3) is 0.571. The van der Waals surface area contributed by atoms with Crippen LogP contribution in [0.5, 0.6) is 0 Å². The molecule has 2 aliphatic rings. The lowest BCUT2D eigenvalue weighted by Crippen LogP contribution is -2.02. The molecular weight excluding hydrogens is 296 g/mol. The van der Waals surface area contributed by atoms with Crippen LogP contribution in [0.15, 0.2) is 24.3 Å². The molecule has 0 nitrogen and oxygen atoms in total. The first-order chi connectivity index (χ1) is 8.93. The molecule has 0 unspecified atom stereocenters. The second-order valence-electron chi connectivity index (χ2n) is 4.52. The first kappa shape index (κ1) is 13.6. The molecule has 0 aromatic heterocycles. The molecule has 0 N–H and O–H groups in total. The molecule has 0 bridgehead atoms. The Morgan fingerprint density at radius 2 is 0.944 bits per heavy atom. The van der Waals surface area contributed by atoms with E-state index in [9.17, 15) is 0 Å². The van der Waals surface area contributed by atoms with Gasteiger partial charge in [-0.05, 0) is 47.0 Å². The van der Waals surface area contributed by atoms with Crippen LogP contribution >= 0.6 is 47.0 Å². The molecule has 4 heteroatoms. The van der Waals surface area contributed by atoms with Crippen molar-refractivity contribution in [1.82, 2.24) is 0 Å². The Hall–Kier alpha value is 0.620. The number of rotatable bonds is 2. The Labute approximate surface area is 127 Å². The molecule has 98 valence electrons. The van der Waals surface area contributed by atoms with Gasteiger partial charge in [0.1, 0.15) is 0 Å². The quantitative estimate of drug-likeness (QED) is 0.714. The zero-order valence-corrected chi connectivity index (χ0v) is 13.6. The van der Waals surface area contributed by atoms with Crippen molar-refractivity contribution in [3.05, 3.63) is 35.4 Å². The highest BCUT2D eigenvalue weighted by Gasteiger charge is 2.19. The minimum atomic E-state index is 0.680. The molecule has 2 heterocycles. The topological polar surface area (TPSA) is 0 Å². The standard InChI is InChI=1S/C14H18S4/c1-7-15-13(16-8-1)11-3-5-12(6-4-11)14-17-9-2-10-18-14/h3-6,13-14H,1-2,7-10H2. The van der Waals surface area contributed by atoms with E-state index >= 15 is 0 Å². The van der Waals surface area contributed by atoms with Crippen LogP contribution in [0.2, 0.25) is 0 Å². The average Bonchev–Trinajstić information content (AvgIpc) is 2.49. The lowest BCUT2D eigenvalue weighted by molar-refractivity contribution is 1.09. The Balaban J connectivity index is 1.67. The van der Waals surface area contributed by atoms with E-state index in [1.807, 2.05) is 0 Å². The predicted molar refractivity (Wildman–Crippen MR) is 91.0 cm³/mol. The lowest BCUT2D eigenvalue weighted by atomic mass is 10.2. The number of benzene rings is 1. The summed E-state index contributed by atoms with van der Waals surface area (Å²) in [7, 11) is 0. The average molecular weight is 315 g/mol. The van der Waals surface area contributed by atoms with Crippen molar-refractivity contribution in [3.63, 3.8) is 0 Å². The van der Waals surface area contributed by atoms with Crippen LogP contribution < -0.4 is 0 Å². The highest BCUT2D eigenvalue weighted by Crippen LogP contribution is 2.46. The van der Waals surface area contributed by atoms with Crippen LogP contribution in [-0.4, -0.2) is 23.0 Å². The van der Waals surface area contributed by atoms with Gasteiger partial charge in [-0.15, -0.1) is 47.0 Å². The van der Waals surface area contributed by atoms with Crippen molar-refractivity contribution in [2.24, 2.45) is 0 Å². The van der Waals surface area contributed by atoms with E-state index in [1.54, 1.807) is 0 Å². The summed E-state index contributed by atoms with van der Waals surface area (Å²) in [6, 6.07) is 9.45. The van der Waals surface area contributed by atoms with E-state index in [-0.39, 0.29) is 0 Å². The van der Waals surface area contributed by atoms with Crippen LogP contribution in [0.4, 0.5) is 0 Å². The summed E-state index contributed by atoms with van der Waals surface area (Å²) < 4.78 is 1.36. The first-order valence-electron chi connectivity index (χ1n) is 6.50. The molecule has 0 amide bonds. The number of thioether (sulfide) groups is 4. The van der Waals surface area contributed by atoms with E-state index in [0.29, 0.717) is 9.16 Å². The molecule has 0 saturated carbocycles. The van der Waals surface area contributed by atoms with Crippen molar-refractivity contribution >= 4 is 47.0 Å². The minimum absolute atomic E-state index is 0.680. The van der Waals surface area contributed by atoms with Gasteiger partial charge >= 0.3 is 0 Å². The van der Waals surface area contributed by atoms with Gasteiger partial charge in [0.15, 0.2) is 0 Å². The van der Waals surface area contributed by atoms with Crippen LogP contribution in [0.3, 0.4) is 0 Å². The molecule has 0 spiro atoms. The fourth-order valence-corrected chi connectivity index (χ4v) is 7.96. The molecule has 0 aliphatic carbocycles. The summed E-state index contributed by atoms with van der Waals surface area (Å²) >= 11 is 8.44. The van der Waals surface area contributed by atoms with E-state index in [4.69, 9.17) is 0 Å². The van der Waals surface area contributed by atoms with E-state index < -0.39 is 0 Å². The lowest BCUT2D eigenvalue weighted by Gasteiger charge is -2.23. The Bertz CT molecular complexity index is 327. The molecule has 0 radical (unpaired) electrons. The Kier molecular flexibility index (Phi) is 5.19. The van der Waals surface area contributed by atoms with Crippen LogP contribution in [-0.2, 0) is 0 Å². The second kappa shape index (κ2) is 6.87. The van der Waals surface area contributed by atoms with Crippen LogP contribution in [0.25, 0.3) is 0 Å². The summed E-state index contributed by atoms with van der Waals surface area (Å²) in [6.07, 6.45) is 2.75. The second-order valence-corrected chi connectivity index (χ2v) is 9.97. The molecule has 2 saturated heterocycles. The third kappa shape index (κ3) is 3.38. The Morgan fingerprint density at radius 1 is 0.611 bits per heavy atom. The van der Waals surface area contributed by atoms with Gasteiger partial charge in [0.05, 0.1) is 9.16 Å². The first-order valence-corrected chi connectivity index (χ1v) is 10.7. The molecule has 2 fully saturated rings. The van der Waals surface area contributed by atoms with E-state index in [2.05, 4.69) is 71.3 Å². The maximum atomic E-state index is 2.36. The van der Waals surface area contributed by atoms with Gasteiger partial charge in [-0.25, -0.2) is 0 Å². The summed E-state index contributed by atoms with van der Waals surface area (Å²) in [5.41, 5.74) is 3.03. The van der Waals surface area contributed by atoms with E-state index in [1.165, 1.54) is 47.0 Å². The zero-order valence-electron chi connectivity index (χ0n) is 10.3. The third-order valence-electron chi connectivity index (χ3n) is 3.14. The minimum Gasteiger partial charge on any atom is -0.143 e. The molecule has 2 aliphatic heterocycles. The van der Waals surface area contributed by atoms with Crippen molar-refractivity contribution in [2.75, 3.05) is 23.0 Å². The van der Waals surface area contributed by atoms with Crippen molar-refractivity contribution < 1.29 is 0 Å². The normalized spacial score (nSPS) is 23.1. The highest BCUT2D eigenvalue weighted by molar-refractivity contribution is 8.17. The summed E-state index contributed by atoms with van der Waals surface area (Å²) in [5, 5.41) is 0. The largest absolute Gasteiger partial charge is 0.143 e. The Morgan fingerprint density at radius 3 is 1.28 bits per heavy atom. The van der Waals surface area contributed by atoms with Crippen molar-refractivity contribution in [1.29, 1.82) is 0 Å². The van der Waals surface area contributed by atoms with Crippen molar-refractivity contribution in [2.45, 2.75) is 22.0 Å². The van der Waals surface area contributed by atoms with Gasteiger partial charge in [0.25, 0.3) is 0 Å². The van der Waals surface area contributed by atoms with Gasteiger partial charge in [-0.2, -0.15) is 0 Å². The van der Waals surface area contributed by atoms with Gasteiger partial charge in [0.2, 0.25) is 0 Å². The van der Waals surface area contributed by atoms with E-state index in [0.717, 1.165) is 0 Å². The summed E-state index contributed by atoms with van der Waals surface area (Å²) in [6.45, 7) is 0. The fourth-order valence-electron chi connectivity index (χ4n) is 2.17. The molecule has 1 aromatic rings. The molecule has 18 heavy (non-hydrogen) atoms. The monoisotopic (exact) mass is 314 g/mol. The smallest absolute Gasteiger partial charge is 0.0751 e. The van der Waals surface area contributed by atoms with Gasteiger partial charge in [-0.1, -0.05) is 24.3 Å². The van der Waals surface area contributed by atoms with Crippen molar-refractivity contribution in [3.8, 4) is 0 Å². The SMILES string of the molecule is c1cc(C2SCCCS2)ccc1C1SCCCS1. The maximum absolute atomic E-state index is 2.36. The van der Waals surface area contributed by atoms with Crippen LogP contribution in [0.1, 0.15) is 33.1 Å². The van der Waals surface area contributed by atoms with Gasteiger partial charge < -0.3 is 0 Å². The highest BCUT2D eigenvalue weighted by atomic mass is 32.2. The zero-order chi connectivity index (χ0) is 12.2. The van der Waals surface area contributed by atoms with Crippen LogP contribution in [0, 0.1) is 0 Å². The molecule has 1 aromatic carbocycles. The summed E-state index contributed by atoms with van der Waals surface area (Å²) in [4.78, 5) is 0. The van der Waals surface area contributed by atoms with Gasteiger partial charge in [-0.3, -0.25) is 0 Å². The molecule has 0 atom stereocenters. The molecular formula is C14H18S4. The number of hydrogen-bond acceptors (Lipinski definition) is 4. The maximum Gasteiger partial charge on any atom is 0.0751 e. The summed E-state index contributed by atoms with van der Waals surface area (Å²) in [5.74, 6) is 5.31. The van der Waals surface area contributed by atoms with Gasteiger partial charge in [0, 0.05) is 0 Å².